The molecular formula is C18H22N4O. The maximum Gasteiger partial charge on any atom is 0.272 e. The van der Waals surface area contributed by atoms with Gasteiger partial charge in [-0.15, -0.1) is 0 Å². The molecule has 0 radical (unpaired) electrons. The molecule has 0 atom stereocenters. The molecule has 0 saturated carbocycles. The van der Waals surface area contributed by atoms with Gasteiger partial charge in [-0.25, -0.2) is 0 Å². The van der Waals surface area contributed by atoms with E-state index in [1.54, 1.807) is 6.20 Å². The number of piperazine rings is 1. The van der Waals surface area contributed by atoms with Gasteiger partial charge >= 0.3 is 0 Å². The van der Waals surface area contributed by atoms with Gasteiger partial charge in [0.25, 0.3) is 5.91 Å². The third kappa shape index (κ3) is 3.87. The topological polar surface area (TPSA) is 48.5 Å². The lowest BCUT2D eigenvalue weighted by atomic mass is 10.2. The van der Waals surface area contributed by atoms with Gasteiger partial charge in [-0.1, -0.05) is 12.1 Å². The highest BCUT2D eigenvalue weighted by molar-refractivity contribution is 5.93. The second kappa shape index (κ2) is 6.79. The quantitative estimate of drug-likeness (QED) is 0.946. The van der Waals surface area contributed by atoms with E-state index in [9.17, 15) is 4.79 Å². The zero-order valence-electron chi connectivity index (χ0n) is 13.6. The lowest BCUT2D eigenvalue weighted by molar-refractivity contribution is 0.0658. The van der Waals surface area contributed by atoms with Crippen LogP contribution >= 0.6 is 0 Å². The van der Waals surface area contributed by atoms with Crippen molar-refractivity contribution in [3.8, 4) is 0 Å². The van der Waals surface area contributed by atoms with Crippen molar-refractivity contribution in [2.24, 2.45) is 0 Å². The van der Waals surface area contributed by atoms with Crippen LogP contribution in [0.25, 0.3) is 0 Å². The fourth-order valence-corrected chi connectivity index (χ4v) is 2.69. The molecule has 1 saturated heterocycles. The third-order valence-electron chi connectivity index (χ3n) is 4.08. The van der Waals surface area contributed by atoms with Crippen LogP contribution < -0.4 is 5.32 Å². The van der Waals surface area contributed by atoms with Crippen LogP contribution in [0.2, 0.25) is 0 Å². The highest BCUT2D eigenvalue weighted by Gasteiger charge is 2.21. The van der Waals surface area contributed by atoms with E-state index in [1.165, 1.54) is 5.56 Å². The van der Waals surface area contributed by atoms with E-state index in [4.69, 9.17) is 0 Å². The normalized spacial score (nSPS) is 15.5. The number of carbonyl (C=O) groups is 1. The molecule has 0 aliphatic carbocycles. The summed E-state index contributed by atoms with van der Waals surface area (Å²) in [5.41, 5.74) is 3.57. The van der Waals surface area contributed by atoms with Crippen molar-refractivity contribution in [1.82, 2.24) is 14.8 Å². The maximum absolute atomic E-state index is 12.6. The highest BCUT2D eigenvalue weighted by atomic mass is 16.2. The van der Waals surface area contributed by atoms with Crippen LogP contribution in [0.3, 0.4) is 0 Å². The molecular weight excluding hydrogens is 288 g/mol. The number of anilines is 2. The molecule has 120 valence electrons. The molecule has 1 aliphatic rings. The van der Waals surface area contributed by atoms with Gasteiger partial charge in [-0.2, -0.15) is 0 Å². The maximum atomic E-state index is 12.6. The third-order valence-corrected chi connectivity index (χ3v) is 4.08. The molecule has 23 heavy (non-hydrogen) atoms. The summed E-state index contributed by atoms with van der Waals surface area (Å²) in [5.74, 6) is 0.00555. The first-order chi connectivity index (χ1) is 11.1. The van der Waals surface area contributed by atoms with E-state index in [1.807, 2.05) is 29.2 Å². The smallest absolute Gasteiger partial charge is 0.272 e. The van der Waals surface area contributed by atoms with Crippen LogP contribution in [-0.4, -0.2) is 53.9 Å². The molecule has 5 nitrogen and oxygen atoms in total. The largest absolute Gasteiger partial charge is 0.355 e. The predicted molar refractivity (Wildman–Crippen MR) is 92.1 cm³/mol. The Balaban J connectivity index is 1.73. The van der Waals surface area contributed by atoms with Crippen LogP contribution in [0, 0.1) is 6.92 Å². The summed E-state index contributed by atoms with van der Waals surface area (Å²) in [6.07, 6.45) is 1.68. The minimum Gasteiger partial charge on any atom is -0.355 e. The van der Waals surface area contributed by atoms with Crippen LogP contribution in [0.15, 0.2) is 42.6 Å². The molecule has 1 amide bonds. The van der Waals surface area contributed by atoms with Crippen LogP contribution in [-0.2, 0) is 0 Å². The Bertz CT molecular complexity index is 693. The Kier molecular flexibility index (Phi) is 4.57. The summed E-state index contributed by atoms with van der Waals surface area (Å²) < 4.78 is 0. The van der Waals surface area contributed by atoms with Gasteiger partial charge in [0.2, 0.25) is 0 Å². The minimum absolute atomic E-state index is 0.00555. The monoisotopic (exact) mass is 310 g/mol. The van der Waals surface area contributed by atoms with Gasteiger partial charge in [-0.05, 0) is 43.8 Å². The summed E-state index contributed by atoms with van der Waals surface area (Å²) in [7, 11) is 2.08. The summed E-state index contributed by atoms with van der Waals surface area (Å²) in [4.78, 5) is 20.9. The van der Waals surface area contributed by atoms with Crippen LogP contribution in [0.5, 0.6) is 0 Å². The first kappa shape index (κ1) is 15.5. The lowest BCUT2D eigenvalue weighted by Crippen LogP contribution is -2.47. The minimum atomic E-state index is 0.00555. The highest BCUT2D eigenvalue weighted by Crippen LogP contribution is 2.18. The fourth-order valence-electron chi connectivity index (χ4n) is 2.69. The number of aromatic nitrogens is 1. The Labute approximate surface area is 136 Å². The number of likely N-dealkylation sites (N-methyl/N-ethyl adjacent to an activating group) is 1. The summed E-state index contributed by atoms with van der Waals surface area (Å²) >= 11 is 0. The molecule has 2 aromatic rings. The van der Waals surface area contributed by atoms with Gasteiger partial charge in [0, 0.05) is 43.8 Å². The molecule has 3 rings (SSSR count). The zero-order chi connectivity index (χ0) is 16.2. The van der Waals surface area contributed by atoms with E-state index in [-0.39, 0.29) is 5.91 Å². The Morgan fingerprint density at radius 2 is 1.83 bits per heavy atom. The molecule has 1 N–H and O–H groups in total. The van der Waals surface area contributed by atoms with Crippen LogP contribution in [0.4, 0.5) is 11.4 Å². The van der Waals surface area contributed by atoms with Crippen molar-refractivity contribution in [3.63, 3.8) is 0 Å². The van der Waals surface area contributed by atoms with Crippen molar-refractivity contribution in [2.45, 2.75) is 6.92 Å². The van der Waals surface area contributed by atoms with Crippen molar-refractivity contribution in [3.05, 3.63) is 53.9 Å². The Hall–Kier alpha value is -2.40. The number of amides is 1. The number of nitrogens with one attached hydrogen (secondary N) is 1. The molecule has 0 bridgehead atoms. The average molecular weight is 310 g/mol. The van der Waals surface area contributed by atoms with Crippen molar-refractivity contribution >= 4 is 17.3 Å². The van der Waals surface area contributed by atoms with E-state index in [0.29, 0.717) is 5.69 Å². The predicted octanol–water partition coefficient (Wildman–Crippen LogP) is 2.52. The first-order valence-corrected chi connectivity index (χ1v) is 7.89. The zero-order valence-corrected chi connectivity index (χ0v) is 13.6. The lowest BCUT2D eigenvalue weighted by Gasteiger charge is -2.32. The van der Waals surface area contributed by atoms with Crippen LogP contribution in [0.1, 0.15) is 16.1 Å². The molecule has 0 unspecified atom stereocenters. The number of pyridine rings is 1. The number of benzene rings is 1. The molecule has 2 heterocycles. The molecule has 1 aromatic carbocycles. The summed E-state index contributed by atoms with van der Waals surface area (Å²) in [6, 6.07) is 11.8. The van der Waals surface area contributed by atoms with Gasteiger partial charge in [0.15, 0.2) is 0 Å². The van der Waals surface area contributed by atoms with E-state index < -0.39 is 0 Å². The molecule has 1 fully saturated rings. The number of hydrogen-bond donors (Lipinski definition) is 1. The molecule has 1 aliphatic heterocycles. The van der Waals surface area contributed by atoms with E-state index in [2.05, 4.69) is 41.3 Å². The fraction of sp³-hybridized carbons (Fsp3) is 0.333. The summed E-state index contributed by atoms with van der Waals surface area (Å²) in [6.45, 7) is 5.39. The van der Waals surface area contributed by atoms with Gasteiger partial charge < -0.3 is 15.1 Å². The standard InChI is InChI=1S/C18H22N4O/c1-14-4-3-5-15(12-14)20-16-6-7-19-17(13-16)18(23)22-10-8-21(2)9-11-22/h3-7,12-13H,8-11H2,1-2H3,(H,19,20). The first-order valence-electron chi connectivity index (χ1n) is 7.89. The average Bonchev–Trinajstić information content (AvgIpc) is 2.55. The molecule has 5 heteroatoms. The van der Waals surface area contributed by atoms with E-state index in [0.717, 1.165) is 37.6 Å². The Morgan fingerprint density at radius 1 is 1.09 bits per heavy atom. The van der Waals surface area contributed by atoms with E-state index >= 15 is 0 Å². The second-order valence-corrected chi connectivity index (χ2v) is 6.02. The number of carbonyl (C=O) groups excluding carboxylic acids is 1. The number of rotatable bonds is 3. The summed E-state index contributed by atoms with van der Waals surface area (Å²) in [5, 5.41) is 3.33. The van der Waals surface area contributed by atoms with Gasteiger partial charge in [0.05, 0.1) is 0 Å². The molecule has 0 spiro atoms. The number of nitrogens with zero attached hydrogens (tertiary/aromatic N) is 3. The Morgan fingerprint density at radius 3 is 2.57 bits per heavy atom. The van der Waals surface area contributed by atoms with Crippen molar-refractivity contribution in [2.75, 3.05) is 38.5 Å². The van der Waals surface area contributed by atoms with Crippen molar-refractivity contribution < 1.29 is 4.79 Å². The number of hydrogen-bond acceptors (Lipinski definition) is 4. The van der Waals surface area contributed by atoms with Gasteiger partial charge in [0.1, 0.15) is 5.69 Å². The number of aryl methyl sites for hydroxylation is 1. The van der Waals surface area contributed by atoms with Crippen molar-refractivity contribution in [1.29, 1.82) is 0 Å². The SMILES string of the molecule is Cc1cccc(Nc2ccnc(C(=O)N3CCN(C)CC3)c2)c1. The van der Waals surface area contributed by atoms with Gasteiger partial charge in [-0.3, -0.25) is 9.78 Å². The second-order valence-electron chi connectivity index (χ2n) is 6.02. The molecule has 1 aromatic heterocycles.